The van der Waals surface area contributed by atoms with Gasteiger partial charge in [0.25, 0.3) is 0 Å². The molecule has 3 rings (SSSR count). The maximum Gasteiger partial charge on any atom is 0.159 e. The summed E-state index contributed by atoms with van der Waals surface area (Å²) in [5, 5.41) is 12.7. The standard InChI is InChI=1S/C11H17N3O2S2/c15-18(16)6-2-1-3-9(18)11-14-13-10(17-11)7-12-8-4-5-8/h8-9,12H,1-7H2. The van der Waals surface area contributed by atoms with Crippen molar-refractivity contribution in [1.82, 2.24) is 15.5 Å². The van der Waals surface area contributed by atoms with Crippen LogP contribution in [0.15, 0.2) is 0 Å². The summed E-state index contributed by atoms with van der Waals surface area (Å²) in [5.74, 6) is 0.299. The summed E-state index contributed by atoms with van der Waals surface area (Å²) in [4.78, 5) is 0. The Balaban J connectivity index is 1.70. The summed E-state index contributed by atoms with van der Waals surface area (Å²) < 4.78 is 24.0. The van der Waals surface area contributed by atoms with Crippen LogP contribution in [-0.2, 0) is 16.4 Å². The van der Waals surface area contributed by atoms with Crippen LogP contribution in [0, 0.1) is 0 Å². The number of hydrogen-bond donors (Lipinski definition) is 1. The number of hydrogen-bond acceptors (Lipinski definition) is 6. The first kappa shape index (κ1) is 12.5. The van der Waals surface area contributed by atoms with Gasteiger partial charge in [-0.15, -0.1) is 10.2 Å². The molecule has 1 saturated carbocycles. The van der Waals surface area contributed by atoms with Crippen molar-refractivity contribution >= 4 is 21.2 Å². The van der Waals surface area contributed by atoms with Gasteiger partial charge in [0.1, 0.15) is 15.3 Å². The van der Waals surface area contributed by atoms with Crippen molar-refractivity contribution in [3.63, 3.8) is 0 Å². The number of aromatic nitrogens is 2. The lowest BCUT2D eigenvalue weighted by atomic mass is 10.2. The Morgan fingerprint density at radius 1 is 1.22 bits per heavy atom. The average molecular weight is 287 g/mol. The van der Waals surface area contributed by atoms with E-state index < -0.39 is 15.1 Å². The van der Waals surface area contributed by atoms with Gasteiger partial charge in [0.15, 0.2) is 9.84 Å². The monoisotopic (exact) mass is 287 g/mol. The van der Waals surface area contributed by atoms with Crippen LogP contribution in [0.5, 0.6) is 0 Å². The van der Waals surface area contributed by atoms with E-state index in [1.165, 1.54) is 24.2 Å². The Hall–Kier alpha value is -0.530. The molecule has 5 nitrogen and oxygen atoms in total. The Kier molecular flexibility index (Phi) is 3.38. The predicted molar refractivity (Wildman–Crippen MR) is 70.1 cm³/mol. The fourth-order valence-corrected chi connectivity index (χ4v) is 5.38. The van der Waals surface area contributed by atoms with E-state index >= 15 is 0 Å². The molecule has 2 aliphatic rings. The number of sulfone groups is 1. The summed E-state index contributed by atoms with van der Waals surface area (Å²) in [6.45, 7) is 0.717. The van der Waals surface area contributed by atoms with Gasteiger partial charge in [0.2, 0.25) is 0 Å². The molecule has 0 radical (unpaired) electrons. The van der Waals surface area contributed by atoms with Crippen LogP contribution in [0.2, 0.25) is 0 Å². The van der Waals surface area contributed by atoms with Crippen LogP contribution in [0.25, 0.3) is 0 Å². The van der Waals surface area contributed by atoms with Gasteiger partial charge in [-0.3, -0.25) is 0 Å². The molecular weight excluding hydrogens is 270 g/mol. The fraction of sp³-hybridized carbons (Fsp3) is 0.818. The minimum absolute atomic E-state index is 0.299. The van der Waals surface area contributed by atoms with E-state index in [2.05, 4.69) is 15.5 Å². The van der Waals surface area contributed by atoms with Crippen molar-refractivity contribution in [2.45, 2.75) is 49.9 Å². The highest BCUT2D eigenvalue weighted by atomic mass is 32.2. The van der Waals surface area contributed by atoms with Crippen molar-refractivity contribution in [3.05, 3.63) is 10.0 Å². The van der Waals surface area contributed by atoms with E-state index in [4.69, 9.17) is 0 Å². The molecule has 0 amide bonds. The molecule has 1 saturated heterocycles. The Labute approximate surface area is 111 Å². The smallest absolute Gasteiger partial charge is 0.159 e. The topological polar surface area (TPSA) is 72.0 Å². The van der Waals surface area contributed by atoms with Gasteiger partial charge in [-0.1, -0.05) is 17.8 Å². The summed E-state index contributed by atoms with van der Waals surface area (Å²) in [6.07, 6.45) is 4.94. The Morgan fingerprint density at radius 3 is 2.78 bits per heavy atom. The van der Waals surface area contributed by atoms with Gasteiger partial charge in [0.05, 0.1) is 5.75 Å². The molecule has 1 aromatic heterocycles. The van der Waals surface area contributed by atoms with E-state index in [9.17, 15) is 8.42 Å². The zero-order valence-corrected chi connectivity index (χ0v) is 11.8. The van der Waals surface area contributed by atoms with E-state index in [-0.39, 0.29) is 0 Å². The summed E-state index contributed by atoms with van der Waals surface area (Å²) in [5.41, 5.74) is 0. The number of nitrogens with one attached hydrogen (secondary N) is 1. The zero-order valence-electron chi connectivity index (χ0n) is 10.1. The van der Waals surface area contributed by atoms with Gasteiger partial charge in [-0.05, 0) is 25.7 Å². The maximum absolute atomic E-state index is 12.0. The lowest BCUT2D eigenvalue weighted by Gasteiger charge is -2.19. The first-order valence-electron chi connectivity index (χ1n) is 6.42. The SMILES string of the molecule is O=S1(=O)CCCCC1c1nnc(CNC2CC2)s1. The summed E-state index contributed by atoms with van der Waals surface area (Å²) >= 11 is 1.45. The molecule has 1 aliphatic heterocycles. The van der Waals surface area contributed by atoms with Gasteiger partial charge in [-0.25, -0.2) is 8.42 Å². The first-order valence-corrected chi connectivity index (χ1v) is 8.95. The van der Waals surface area contributed by atoms with Crippen molar-refractivity contribution in [2.75, 3.05) is 5.75 Å². The van der Waals surface area contributed by atoms with Crippen molar-refractivity contribution in [1.29, 1.82) is 0 Å². The molecule has 1 N–H and O–H groups in total. The van der Waals surface area contributed by atoms with E-state index in [0.717, 1.165) is 24.4 Å². The van der Waals surface area contributed by atoms with Crippen LogP contribution in [0.1, 0.15) is 47.4 Å². The fourth-order valence-electron chi connectivity index (χ4n) is 2.22. The highest BCUT2D eigenvalue weighted by Gasteiger charge is 2.33. The summed E-state index contributed by atoms with van der Waals surface area (Å²) in [7, 11) is -2.99. The second-order valence-electron chi connectivity index (χ2n) is 5.04. The largest absolute Gasteiger partial charge is 0.308 e. The second-order valence-corrected chi connectivity index (χ2v) is 8.44. The maximum atomic E-state index is 12.0. The van der Waals surface area contributed by atoms with Gasteiger partial charge in [-0.2, -0.15) is 0 Å². The van der Waals surface area contributed by atoms with Crippen molar-refractivity contribution < 1.29 is 8.42 Å². The van der Waals surface area contributed by atoms with Crippen LogP contribution >= 0.6 is 11.3 Å². The summed E-state index contributed by atoms with van der Waals surface area (Å²) in [6, 6.07) is 0.635. The Morgan fingerprint density at radius 2 is 2.06 bits per heavy atom. The lowest BCUT2D eigenvalue weighted by Crippen LogP contribution is -2.21. The predicted octanol–water partition coefficient (Wildman–Crippen LogP) is 1.43. The second kappa shape index (κ2) is 4.86. The normalized spacial score (nSPS) is 27.2. The molecule has 1 aliphatic carbocycles. The molecule has 1 unspecified atom stereocenters. The third kappa shape index (κ3) is 2.73. The molecule has 2 heterocycles. The van der Waals surface area contributed by atoms with Crippen LogP contribution in [-0.4, -0.2) is 30.4 Å². The molecular formula is C11H17N3O2S2. The zero-order chi connectivity index (χ0) is 12.6. The number of rotatable bonds is 4. The van der Waals surface area contributed by atoms with E-state index in [1.54, 1.807) is 0 Å². The minimum atomic E-state index is -2.99. The molecule has 1 aromatic rings. The highest BCUT2D eigenvalue weighted by molar-refractivity contribution is 7.91. The third-order valence-electron chi connectivity index (χ3n) is 3.46. The molecule has 1 atom stereocenters. The number of nitrogens with zero attached hydrogens (tertiary/aromatic N) is 2. The van der Waals surface area contributed by atoms with Gasteiger partial charge < -0.3 is 5.32 Å². The average Bonchev–Trinajstić information content (AvgIpc) is 3.05. The molecule has 0 bridgehead atoms. The molecule has 100 valence electrons. The van der Waals surface area contributed by atoms with Crippen LogP contribution in [0.3, 0.4) is 0 Å². The lowest BCUT2D eigenvalue weighted by molar-refractivity contribution is 0.544. The minimum Gasteiger partial charge on any atom is -0.308 e. The molecule has 7 heteroatoms. The third-order valence-corrected chi connectivity index (χ3v) is 6.83. The van der Waals surface area contributed by atoms with Gasteiger partial charge >= 0.3 is 0 Å². The van der Waals surface area contributed by atoms with Crippen molar-refractivity contribution in [3.8, 4) is 0 Å². The highest BCUT2D eigenvalue weighted by Crippen LogP contribution is 2.34. The molecule has 0 spiro atoms. The van der Waals surface area contributed by atoms with Gasteiger partial charge in [0, 0.05) is 12.6 Å². The quantitative estimate of drug-likeness (QED) is 0.907. The van der Waals surface area contributed by atoms with Crippen LogP contribution < -0.4 is 5.32 Å². The molecule has 0 aromatic carbocycles. The Bertz CT molecular complexity index is 522. The molecule has 18 heavy (non-hydrogen) atoms. The van der Waals surface area contributed by atoms with Crippen LogP contribution in [0.4, 0.5) is 0 Å². The van der Waals surface area contributed by atoms with E-state index in [1.807, 2.05) is 0 Å². The van der Waals surface area contributed by atoms with Crippen molar-refractivity contribution in [2.24, 2.45) is 0 Å². The first-order chi connectivity index (χ1) is 8.65. The van der Waals surface area contributed by atoms with E-state index in [0.29, 0.717) is 23.2 Å². The molecule has 2 fully saturated rings.